The molecule has 1 amide bonds. The Balaban J connectivity index is 2.00. The van der Waals surface area contributed by atoms with E-state index in [1.54, 1.807) is 29.2 Å². The minimum atomic E-state index is 0.0357. The largest absolute Gasteiger partial charge is 0.341 e. The van der Waals surface area contributed by atoms with E-state index in [1.807, 2.05) is 13.1 Å². The van der Waals surface area contributed by atoms with E-state index in [-0.39, 0.29) is 5.91 Å². The Labute approximate surface area is 102 Å². The van der Waals surface area contributed by atoms with Gasteiger partial charge in [0.15, 0.2) is 0 Å². The molecule has 0 heterocycles. The predicted molar refractivity (Wildman–Crippen MR) is 65.4 cm³/mol. The van der Waals surface area contributed by atoms with Crippen LogP contribution in [-0.2, 0) is 0 Å². The van der Waals surface area contributed by atoms with Crippen LogP contribution in [0, 0.1) is 23.2 Å². The van der Waals surface area contributed by atoms with Gasteiger partial charge in [0.2, 0.25) is 0 Å². The molecule has 17 heavy (non-hydrogen) atoms. The van der Waals surface area contributed by atoms with Crippen LogP contribution in [-0.4, -0.2) is 24.4 Å². The third kappa shape index (κ3) is 2.65. The van der Waals surface area contributed by atoms with Gasteiger partial charge in [-0.2, -0.15) is 5.26 Å². The van der Waals surface area contributed by atoms with Gasteiger partial charge in [-0.05, 0) is 42.5 Å². The quantitative estimate of drug-likeness (QED) is 0.796. The van der Waals surface area contributed by atoms with E-state index in [0.29, 0.717) is 17.0 Å². The number of nitriles is 1. The molecule has 1 saturated carbocycles. The topological polar surface area (TPSA) is 44.1 Å². The summed E-state index contributed by atoms with van der Waals surface area (Å²) in [4.78, 5) is 13.8. The molecule has 88 valence electrons. The molecule has 2 atom stereocenters. The second kappa shape index (κ2) is 4.58. The smallest absolute Gasteiger partial charge is 0.253 e. The molecule has 3 nitrogen and oxygen atoms in total. The van der Waals surface area contributed by atoms with Crippen LogP contribution in [0.15, 0.2) is 24.3 Å². The Hall–Kier alpha value is -1.82. The maximum absolute atomic E-state index is 12.1. The SMILES string of the molecule is CC1CC1CN(C)C(=O)c1ccc(C#N)cc1. The van der Waals surface area contributed by atoms with E-state index in [4.69, 9.17) is 5.26 Å². The summed E-state index contributed by atoms with van der Waals surface area (Å²) in [5.41, 5.74) is 1.24. The maximum atomic E-state index is 12.1. The number of rotatable bonds is 3. The summed E-state index contributed by atoms with van der Waals surface area (Å²) in [6, 6.07) is 8.84. The van der Waals surface area contributed by atoms with Gasteiger partial charge in [0.05, 0.1) is 11.6 Å². The average molecular weight is 228 g/mol. The second-order valence-electron chi connectivity index (χ2n) is 4.85. The van der Waals surface area contributed by atoms with E-state index in [1.165, 1.54) is 6.42 Å². The first kappa shape index (κ1) is 11.7. The normalized spacial score (nSPS) is 21.7. The van der Waals surface area contributed by atoms with Gasteiger partial charge in [0.1, 0.15) is 0 Å². The lowest BCUT2D eigenvalue weighted by Crippen LogP contribution is -2.29. The monoisotopic (exact) mass is 228 g/mol. The fourth-order valence-corrected chi connectivity index (χ4v) is 2.00. The molecular weight excluding hydrogens is 212 g/mol. The zero-order chi connectivity index (χ0) is 12.4. The highest BCUT2D eigenvalue weighted by molar-refractivity contribution is 5.94. The van der Waals surface area contributed by atoms with E-state index < -0.39 is 0 Å². The fraction of sp³-hybridized carbons (Fsp3) is 0.429. The highest BCUT2D eigenvalue weighted by Gasteiger charge is 2.34. The van der Waals surface area contributed by atoms with Crippen molar-refractivity contribution in [2.45, 2.75) is 13.3 Å². The van der Waals surface area contributed by atoms with Crippen molar-refractivity contribution in [2.24, 2.45) is 11.8 Å². The molecule has 0 bridgehead atoms. The van der Waals surface area contributed by atoms with Crippen LogP contribution in [0.1, 0.15) is 29.3 Å². The Morgan fingerprint density at radius 2 is 2.06 bits per heavy atom. The van der Waals surface area contributed by atoms with Gasteiger partial charge < -0.3 is 4.90 Å². The van der Waals surface area contributed by atoms with Gasteiger partial charge in [-0.3, -0.25) is 4.79 Å². The van der Waals surface area contributed by atoms with E-state index in [0.717, 1.165) is 12.5 Å². The van der Waals surface area contributed by atoms with Crippen molar-refractivity contribution in [1.29, 1.82) is 5.26 Å². The van der Waals surface area contributed by atoms with E-state index in [2.05, 4.69) is 6.92 Å². The van der Waals surface area contributed by atoms with Crippen molar-refractivity contribution in [2.75, 3.05) is 13.6 Å². The van der Waals surface area contributed by atoms with E-state index >= 15 is 0 Å². The maximum Gasteiger partial charge on any atom is 0.253 e. The Bertz CT molecular complexity index is 458. The predicted octanol–water partition coefficient (Wildman–Crippen LogP) is 2.29. The van der Waals surface area contributed by atoms with Crippen LogP contribution in [0.4, 0.5) is 0 Å². The summed E-state index contributed by atoms with van der Waals surface area (Å²) >= 11 is 0. The molecule has 1 aromatic carbocycles. The third-order valence-electron chi connectivity index (χ3n) is 3.39. The first-order valence-electron chi connectivity index (χ1n) is 5.87. The lowest BCUT2D eigenvalue weighted by atomic mass is 10.1. The number of benzene rings is 1. The molecular formula is C14H16N2O. The molecule has 0 saturated heterocycles. The first-order valence-corrected chi connectivity index (χ1v) is 5.87. The molecule has 0 aromatic heterocycles. The van der Waals surface area contributed by atoms with Crippen LogP contribution >= 0.6 is 0 Å². The fourth-order valence-electron chi connectivity index (χ4n) is 2.00. The summed E-state index contributed by atoms with van der Waals surface area (Å²) in [5.74, 6) is 1.46. The van der Waals surface area contributed by atoms with Crippen molar-refractivity contribution in [3.05, 3.63) is 35.4 Å². The standard InChI is InChI=1S/C14H16N2O/c1-10-7-13(10)9-16(2)14(17)12-5-3-11(8-15)4-6-12/h3-6,10,13H,7,9H2,1-2H3. The summed E-state index contributed by atoms with van der Waals surface area (Å²) in [6.45, 7) is 3.05. The molecule has 0 N–H and O–H groups in total. The Kier molecular flexibility index (Phi) is 3.14. The number of amides is 1. The van der Waals surface area contributed by atoms with Gasteiger partial charge >= 0.3 is 0 Å². The third-order valence-corrected chi connectivity index (χ3v) is 3.39. The molecule has 0 radical (unpaired) electrons. The number of hydrogen-bond acceptors (Lipinski definition) is 2. The van der Waals surface area contributed by atoms with Crippen LogP contribution < -0.4 is 0 Å². The van der Waals surface area contributed by atoms with Gasteiger partial charge in [-0.1, -0.05) is 6.92 Å². The molecule has 1 fully saturated rings. The summed E-state index contributed by atoms with van der Waals surface area (Å²) in [6.07, 6.45) is 1.23. The van der Waals surface area contributed by atoms with Crippen molar-refractivity contribution in [3.8, 4) is 6.07 Å². The number of carbonyl (C=O) groups excluding carboxylic acids is 1. The molecule has 2 rings (SSSR count). The van der Waals surface area contributed by atoms with Gasteiger partial charge in [-0.25, -0.2) is 0 Å². The molecule has 0 aliphatic heterocycles. The highest BCUT2D eigenvalue weighted by atomic mass is 16.2. The number of nitrogens with zero attached hydrogens (tertiary/aromatic N) is 2. The molecule has 3 heteroatoms. The Morgan fingerprint density at radius 1 is 1.47 bits per heavy atom. The summed E-state index contributed by atoms with van der Waals surface area (Å²) in [7, 11) is 1.84. The first-order chi connectivity index (χ1) is 8.11. The van der Waals surface area contributed by atoms with E-state index in [9.17, 15) is 4.79 Å². The van der Waals surface area contributed by atoms with Crippen molar-refractivity contribution >= 4 is 5.91 Å². The zero-order valence-corrected chi connectivity index (χ0v) is 10.2. The molecule has 1 aromatic rings. The summed E-state index contributed by atoms with van der Waals surface area (Å²) < 4.78 is 0. The van der Waals surface area contributed by atoms with Gasteiger partial charge in [-0.15, -0.1) is 0 Å². The minimum absolute atomic E-state index is 0.0357. The summed E-state index contributed by atoms with van der Waals surface area (Å²) in [5, 5.41) is 8.69. The lowest BCUT2D eigenvalue weighted by molar-refractivity contribution is 0.0787. The molecule has 0 spiro atoms. The van der Waals surface area contributed by atoms with Crippen LogP contribution in [0.2, 0.25) is 0 Å². The second-order valence-corrected chi connectivity index (χ2v) is 4.85. The number of carbonyl (C=O) groups is 1. The van der Waals surface area contributed by atoms with Crippen LogP contribution in [0.5, 0.6) is 0 Å². The minimum Gasteiger partial charge on any atom is -0.341 e. The number of hydrogen-bond donors (Lipinski definition) is 0. The lowest BCUT2D eigenvalue weighted by Gasteiger charge is -2.17. The van der Waals surface area contributed by atoms with Gasteiger partial charge in [0.25, 0.3) is 5.91 Å². The Morgan fingerprint density at radius 3 is 2.53 bits per heavy atom. The molecule has 1 aliphatic carbocycles. The van der Waals surface area contributed by atoms with Crippen LogP contribution in [0.25, 0.3) is 0 Å². The van der Waals surface area contributed by atoms with Crippen molar-refractivity contribution in [3.63, 3.8) is 0 Å². The highest BCUT2D eigenvalue weighted by Crippen LogP contribution is 2.38. The van der Waals surface area contributed by atoms with Gasteiger partial charge in [0, 0.05) is 19.2 Å². The van der Waals surface area contributed by atoms with Crippen LogP contribution in [0.3, 0.4) is 0 Å². The van der Waals surface area contributed by atoms with Crippen molar-refractivity contribution < 1.29 is 4.79 Å². The average Bonchev–Trinajstić information content (AvgIpc) is 3.04. The molecule has 1 aliphatic rings. The van der Waals surface area contributed by atoms with Crippen molar-refractivity contribution in [1.82, 2.24) is 4.90 Å². The molecule has 2 unspecified atom stereocenters. The zero-order valence-electron chi connectivity index (χ0n) is 10.2.